The highest BCUT2D eigenvalue weighted by atomic mass is 35.5. The van der Waals surface area contributed by atoms with E-state index in [4.69, 9.17) is 22.1 Å². The molecule has 0 aliphatic rings. The third kappa shape index (κ3) is 3.14. The molecule has 2 rings (SSSR count). The first-order chi connectivity index (χ1) is 8.15. The average Bonchev–Trinajstić information content (AvgIpc) is 2.69. The number of nitrogens with zero attached hydrogens (tertiary/aromatic N) is 2. The lowest BCUT2D eigenvalue weighted by Gasteiger charge is -2.09. The summed E-state index contributed by atoms with van der Waals surface area (Å²) in [5, 5.41) is 4.75. The van der Waals surface area contributed by atoms with Gasteiger partial charge in [-0.15, -0.1) is 0 Å². The summed E-state index contributed by atoms with van der Waals surface area (Å²) in [5.74, 6) is 0.803. The molecule has 0 unspecified atom stereocenters. The standard InChI is InChI=1S/C12H14ClN3O/c1-9-2-3-10(13)6-12(9)17-5-4-16-8-11(14)7-15-16/h2-3,6-8H,4-5,14H2,1H3. The maximum absolute atomic E-state index is 5.90. The molecule has 0 radical (unpaired) electrons. The molecule has 4 nitrogen and oxygen atoms in total. The second-order valence-electron chi connectivity index (χ2n) is 3.80. The van der Waals surface area contributed by atoms with Gasteiger partial charge in [0, 0.05) is 11.2 Å². The lowest BCUT2D eigenvalue weighted by molar-refractivity contribution is 0.289. The highest BCUT2D eigenvalue weighted by Gasteiger charge is 2.01. The molecule has 0 atom stereocenters. The lowest BCUT2D eigenvalue weighted by Crippen LogP contribution is -2.09. The van der Waals surface area contributed by atoms with Crippen LogP contribution in [0.1, 0.15) is 5.56 Å². The number of hydrogen-bond acceptors (Lipinski definition) is 3. The first-order valence-corrected chi connectivity index (χ1v) is 5.70. The van der Waals surface area contributed by atoms with Gasteiger partial charge in [-0.1, -0.05) is 17.7 Å². The molecule has 0 fully saturated rings. The van der Waals surface area contributed by atoms with Crippen molar-refractivity contribution in [1.29, 1.82) is 0 Å². The third-order valence-corrected chi connectivity index (χ3v) is 2.62. The maximum Gasteiger partial charge on any atom is 0.123 e. The zero-order valence-electron chi connectivity index (χ0n) is 9.56. The molecule has 2 aromatic rings. The zero-order chi connectivity index (χ0) is 12.3. The predicted molar refractivity (Wildman–Crippen MR) is 68.3 cm³/mol. The maximum atomic E-state index is 5.90. The fourth-order valence-corrected chi connectivity index (χ4v) is 1.64. The largest absolute Gasteiger partial charge is 0.491 e. The summed E-state index contributed by atoms with van der Waals surface area (Å²) < 4.78 is 7.39. The van der Waals surface area contributed by atoms with Crippen molar-refractivity contribution >= 4 is 17.3 Å². The molecule has 2 N–H and O–H groups in total. The summed E-state index contributed by atoms with van der Waals surface area (Å²) in [6.07, 6.45) is 3.39. The van der Waals surface area contributed by atoms with Crippen LogP contribution in [0.3, 0.4) is 0 Å². The lowest BCUT2D eigenvalue weighted by atomic mass is 10.2. The van der Waals surface area contributed by atoms with Gasteiger partial charge in [-0.2, -0.15) is 5.10 Å². The van der Waals surface area contributed by atoms with Crippen molar-refractivity contribution in [2.45, 2.75) is 13.5 Å². The highest BCUT2D eigenvalue weighted by molar-refractivity contribution is 6.30. The second-order valence-corrected chi connectivity index (χ2v) is 4.23. The minimum absolute atomic E-state index is 0.530. The van der Waals surface area contributed by atoms with E-state index in [1.807, 2.05) is 25.1 Å². The number of aromatic nitrogens is 2. The first-order valence-electron chi connectivity index (χ1n) is 5.32. The molecule has 17 heavy (non-hydrogen) atoms. The SMILES string of the molecule is Cc1ccc(Cl)cc1OCCn1cc(N)cn1. The Morgan fingerprint density at radius 3 is 3.00 bits per heavy atom. The van der Waals surface area contributed by atoms with E-state index in [0.29, 0.717) is 23.9 Å². The van der Waals surface area contributed by atoms with Crippen molar-refractivity contribution in [2.24, 2.45) is 0 Å². The Hall–Kier alpha value is -1.68. The molecule has 0 amide bonds. The monoisotopic (exact) mass is 251 g/mol. The van der Waals surface area contributed by atoms with Gasteiger partial charge in [0.1, 0.15) is 12.4 Å². The Morgan fingerprint density at radius 1 is 1.47 bits per heavy atom. The first kappa shape index (κ1) is 11.8. The topological polar surface area (TPSA) is 53.1 Å². The Labute approximate surface area is 105 Å². The number of benzene rings is 1. The summed E-state index contributed by atoms with van der Waals surface area (Å²) >= 11 is 5.90. The summed E-state index contributed by atoms with van der Waals surface area (Å²) in [7, 11) is 0. The summed E-state index contributed by atoms with van der Waals surface area (Å²) in [5.41, 5.74) is 7.28. The van der Waals surface area contributed by atoms with Crippen LogP contribution in [0.5, 0.6) is 5.75 Å². The van der Waals surface area contributed by atoms with Gasteiger partial charge in [0.25, 0.3) is 0 Å². The number of nitrogen functional groups attached to an aromatic ring is 1. The molecule has 1 aromatic carbocycles. The van der Waals surface area contributed by atoms with E-state index in [9.17, 15) is 0 Å². The van der Waals surface area contributed by atoms with Crippen LogP contribution in [-0.4, -0.2) is 16.4 Å². The van der Waals surface area contributed by atoms with E-state index >= 15 is 0 Å². The molecule has 1 aromatic heterocycles. The number of anilines is 1. The van der Waals surface area contributed by atoms with Crippen LogP contribution in [-0.2, 0) is 6.54 Å². The van der Waals surface area contributed by atoms with Crippen LogP contribution in [0.2, 0.25) is 5.02 Å². The van der Waals surface area contributed by atoms with E-state index < -0.39 is 0 Å². The average molecular weight is 252 g/mol. The summed E-state index contributed by atoms with van der Waals surface area (Å²) in [4.78, 5) is 0. The third-order valence-electron chi connectivity index (χ3n) is 2.38. The molecular weight excluding hydrogens is 238 g/mol. The minimum atomic E-state index is 0.530. The number of rotatable bonds is 4. The van der Waals surface area contributed by atoms with Gasteiger partial charge in [-0.05, 0) is 24.6 Å². The summed E-state index contributed by atoms with van der Waals surface area (Å²) in [6.45, 7) is 3.17. The van der Waals surface area contributed by atoms with E-state index in [2.05, 4.69) is 5.10 Å². The normalized spacial score (nSPS) is 10.5. The predicted octanol–water partition coefficient (Wildman–Crippen LogP) is 2.51. The van der Waals surface area contributed by atoms with Crippen LogP contribution < -0.4 is 10.5 Å². The fourth-order valence-electron chi connectivity index (χ4n) is 1.48. The van der Waals surface area contributed by atoms with Crippen molar-refractivity contribution in [1.82, 2.24) is 9.78 Å². The minimum Gasteiger partial charge on any atom is -0.491 e. The van der Waals surface area contributed by atoms with E-state index in [0.717, 1.165) is 11.3 Å². The van der Waals surface area contributed by atoms with Crippen LogP contribution in [0, 0.1) is 6.92 Å². The number of halogens is 1. The van der Waals surface area contributed by atoms with Gasteiger partial charge >= 0.3 is 0 Å². The Morgan fingerprint density at radius 2 is 2.29 bits per heavy atom. The van der Waals surface area contributed by atoms with Crippen molar-refractivity contribution in [3.05, 3.63) is 41.2 Å². The fraction of sp³-hybridized carbons (Fsp3) is 0.250. The highest BCUT2D eigenvalue weighted by Crippen LogP contribution is 2.22. The molecule has 0 aliphatic carbocycles. The van der Waals surface area contributed by atoms with E-state index in [-0.39, 0.29) is 0 Å². The van der Waals surface area contributed by atoms with Gasteiger partial charge in [-0.3, -0.25) is 4.68 Å². The van der Waals surface area contributed by atoms with Crippen LogP contribution in [0.25, 0.3) is 0 Å². The van der Waals surface area contributed by atoms with Crippen molar-refractivity contribution in [3.8, 4) is 5.75 Å². The molecule has 0 spiro atoms. The van der Waals surface area contributed by atoms with Gasteiger partial charge in [0.2, 0.25) is 0 Å². The molecule has 90 valence electrons. The van der Waals surface area contributed by atoms with Crippen LogP contribution >= 0.6 is 11.6 Å². The molecule has 0 saturated heterocycles. The molecule has 1 heterocycles. The Balaban J connectivity index is 1.91. The van der Waals surface area contributed by atoms with Gasteiger partial charge in [0.05, 0.1) is 18.4 Å². The Kier molecular flexibility index (Phi) is 3.54. The molecule has 0 aliphatic heterocycles. The Bertz CT molecular complexity index is 510. The number of aryl methyl sites for hydroxylation is 1. The molecular formula is C12H14ClN3O. The van der Waals surface area contributed by atoms with Crippen molar-refractivity contribution in [2.75, 3.05) is 12.3 Å². The molecule has 5 heteroatoms. The number of ether oxygens (including phenoxy) is 1. The molecule has 0 saturated carbocycles. The quantitative estimate of drug-likeness (QED) is 0.908. The van der Waals surface area contributed by atoms with Gasteiger partial charge in [0.15, 0.2) is 0 Å². The zero-order valence-corrected chi connectivity index (χ0v) is 10.3. The smallest absolute Gasteiger partial charge is 0.123 e. The number of hydrogen-bond donors (Lipinski definition) is 1. The van der Waals surface area contributed by atoms with Crippen LogP contribution in [0.15, 0.2) is 30.6 Å². The van der Waals surface area contributed by atoms with Crippen molar-refractivity contribution in [3.63, 3.8) is 0 Å². The van der Waals surface area contributed by atoms with Gasteiger partial charge in [-0.25, -0.2) is 0 Å². The van der Waals surface area contributed by atoms with E-state index in [1.165, 1.54) is 0 Å². The second kappa shape index (κ2) is 5.10. The van der Waals surface area contributed by atoms with Crippen LogP contribution in [0.4, 0.5) is 5.69 Å². The van der Waals surface area contributed by atoms with Crippen molar-refractivity contribution < 1.29 is 4.74 Å². The number of nitrogens with two attached hydrogens (primary N) is 1. The summed E-state index contributed by atoms with van der Waals surface area (Å²) in [6, 6.07) is 5.59. The molecule has 0 bridgehead atoms. The van der Waals surface area contributed by atoms with E-state index in [1.54, 1.807) is 17.1 Å². The van der Waals surface area contributed by atoms with Gasteiger partial charge < -0.3 is 10.5 Å².